The molecule has 5 nitrogen and oxygen atoms in total. The Morgan fingerprint density at radius 1 is 1.18 bits per heavy atom. The Kier molecular flexibility index (Phi) is 3.62. The molecule has 0 aliphatic carbocycles. The summed E-state index contributed by atoms with van der Waals surface area (Å²) in [6.45, 7) is 1.87. The monoisotopic (exact) mass is 293 g/mol. The van der Waals surface area contributed by atoms with Gasteiger partial charge in [0.05, 0.1) is 23.1 Å². The van der Waals surface area contributed by atoms with E-state index < -0.39 is 0 Å². The molecule has 5 heteroatoms. The fourth-order valence-corrected chi connectivity index (χ4v) is 2.10. The van der Waals surface area contributed by atoms with E-state index in [-0.39, 0.29) is 11.7 Å². The van der Waals surface area contributed by atoms with Crippen molar-refractivity contribution in [1.82, 2.24) is 9.78 Å². The van der Waals surface area contributed by atoms with Crippen LogP contribution in [0.15, 0.2) is 60.9 Å². The Morgan fingerprint density at radius 2 is 1.95 bits per heavy atom. The molecule has 0 bridgehead atoms. The number of nitrogens with one attached hydrogen (secondary N) is 1. The molecule has 110 valence electrons. The number of para-hydroxylation sites is 1. The first-order valence-corrected chi connectivity index (χ1v) is 6.84. The summed E-state index contributed by atoms with van der Waals surface area (Å²) in [5, 5.41) is 16.7. The third-order valence-electron chi connectivity index (χ3n) is 3.27. The molecule has 2 N–H and O–H groups in total. The van der Waals surface area contributed by atoms with E-state index in [9.17, 15) is 9.90 Å². The van der Waals surface area contributed by atoms with Gasteiger partial charge in [0.2, 0.25) is 0 Å². The number of benzene rings is 2. The summed E-state index contributed by atoms with van der Waals surface area (Å²) in [6.07, 6.45) is 3.14. The average molecular weight is 293 g/mol. The lowest BCUT2D eigenvalue weighted by molar-refractivity contribution is 0.102. The van der Waals surface area contributed by atoms with Crippen LogP contribution in [0.25, 0.3) is 5.69 Å². The Morgan fingerprint density at radius 3 is 2.68 bits per heavy atom. The normalized spacial score (nSPS) is 10.4. The zero-order chi connectivity index (χ0) is 15.5. The highest BCUT2D eigenvalue weighted by atomic mass is 16.3. The molecule has 0 saturated heterocycles. The quantitative estimate of drug-likeness (QED) is 0.729. The Bertz CT molecular complexity index is 810. The number of aromatic hydroxyl groups is 1. The van der Waals surface area contributed by atoms with Crippen molar-refractivity contribution < 1.29 is 9.90 Å². The molecule has 0 unspecified atom stereocenters. The molecule has 0 radical (unpaired) electrons. The van der Waals surface area contributed by atoms with Crippen LogP contribution in [0.1, 0.15) is 15.9 Å². The summed E-state index contributed by atoms with van der Waals surface area (Å²) < 4.78 is 1.63. The van der Waals surface area contributed by atoms with E-state index in [1.165, 1.54) is 6.20 Å². The molecule has 0 fully saturated rings. The van der Waals surface area contributed by atoms with Crippen LogP contribution >= 0.6 is 0 Å². The third kappa shape index (κ3) is 2.83. The lowest BCUT2D eigenvalue weighted by atomic mass is 10.2. The smallest absolute Gasteiger partial charge is 0.258 e. The molecule has 0 spiro atoms. The summed E-state index contributed by atoms with van der Waals surface area (Å²) in [4.78, 5) is 12.2. The molecule has 0 aliphatic rings. The van der Waals surface area contributed by atoms with Crippen molar-refractivity contribution in [2.24, 2.45) is 0 Å². The molecule has 1 heterocycles. The van der Waals surface area contributed by atoms with Gasteiger partial charge in [-0.15, -0.1) is 0 Å². The third-order valence-corrected chi connectivity index (χ3v) is 3.27. The van der Waals surface area contributed by atoms with E-state index in [0.29, 0.717) is 11.3 Å². The molecule has 0 atom stereocenters. The summed E-state index contributed by atoms with van der Waals surface area (Å²) >= 11 is 0. The van der Waals surface area contributed by atoms with Gasteiger partial charge < -0.3 is 10.4 Å². The first kappa shape index (κ1) is 13.9. The van der Waals surface area contributed by atoms with Crippen molar-refractivity contribution >= 4 is 11.6 Å². The van der Waals surface area contributed by atoms with E-state index >= 15 is 0 Å². The summed E-state index contributed by atoms with van der Waals surface area (Å²) in [5.74, 6) is -0.273. The maximum absolute atomic E-state index is 12.2. The molecule has 3 aromatic rings. The van der Waals surface area contributed by atoms with E-state index in [1.807, 2.05) is 43.3 Å². The van der Waals surface area contributed by atoms with Gasteiger partial charge in [0.15, 0.2) is 0 Å². The lowest BCUT2D eigenvalue weighted by Gasteiger charge is -2.06. The van der Waals surface area contributed by atoms with Gasteiger partial charge in [0.1, 0.15) is 5.75 Å². The second-order valence-electron chi connectivity index (χ2n) is 4.98. The van der Waals surface area contributed by atoms with E-state index in [4.69, 9.17) is 0 Å². The number of carbonyl (C=O) groups is 1. The van der Waals surface area contributed by atoms with Gasteiger partial charge in [0, 0.05) is 6.20 Å². The van der Waals surface area contributed by atoms with E-state index in [1.54, 1.807) is 23.0 Å². The minimum Gasteiger partial charge on any atom is -0.506 e. The average Bonchev–Trinajstić information content (AvgIpc) is 3.01. The van der Waals surface area contributed by atoms with Crippen molar-refractivity contribution in [3.05, 3.63) is 72.1 Å². The second-order valence-corrected chi connectivity index (χ2v) is 4.98. The Hall–Kier alpha value is -3.08. The van der Waals surface area contributed by atoms with E-state index in [2.05, 4.69) is 10.4 Å². The van der Waals surface area contributed by atoms with Gasteiger partial charge >= 0.3 is 0 Å². The number of anilines is 1. The first-order valence-electron chi connectivity index (χ1n) is 6.84. The van der Waals surface area contributed by atoms with Crippen LogP contribution in [0.2, 0.25) is 0 Å². The van der Waals surface area contributed by atoms with Crippen molar-refractivity contribution in [1.29, 1.82) is 0 Å². The number of aryl methyl sites for hydroxylation is 1. The number of amides is 1. The maximum atomic E-state index is 12.2. The maximum Gasteiger partial charge on any atom is 0.258 e. The van der Waals surface area contributed by atoms with Gasteiger partial charge in [0.25, 0.3) is 5.91 Å². The summed E-state index contributed by atoms with van der Waals surface area (Å²) in [7, 11) is 0. The molecular weight excluding hydrogens is 278 g/mol. The number of aromatic nitrogens is 2. The predicted molar refractivity (Wildman–Crippen MR) is 84.4 cm³/mol. The minimum atomic E-state index is -0.318. The minimum absolute atomic E-state index is 0.0452. The number of phenolic OH excluding ortho intramolecular Hbond substituents is 1. The van der Waals surface area contributed by atoms with Crippen LogP contribution in [0.5, 0.6) is 5.75 Å². The highest BCUT2D eigenvalue weighted by Gasteiger charge is 2.11. The van der Waals surface area contributed by atoms with Crippen LogP contribution < -0.4 is 5.32 Å². The molecule has 0 saturated carbocycles. The van der Waals surface area contributed by atoms with Crippen LogP contribution in [0.3, 0.4) is 0 Å². The Labute approximate surface area is 127 Å². The van der Waals surface area contributed by atoms with Crippen LogP contribution in [0.4, 0.5) is 5.69 Å². The topological polar surface area (TPSA) is 67.2 Å². The molecule has 3 rings (SSSR count). The molecule has 1 aromatic heterocycles. The molecule has 22 heavy (non-hydrogen) atoms. The van der Waals surface area contributed by atoms with Crippen molar-refractivity contribution in [2.75, 3.05) is 5.32 Å². The van der Waals surface area contributed by atoms with Crippen molar-refractivity contribution in [3.63, 3.8) is 0 Å². The lowest BCUT2D eigenvalue weighted by Crippen LogP contribution is -2.11. The van der Waals surface area contributed by atoms with E-state index in [0.717, 1.165) is 11.3 Å². The van der Waals surface area contributed by atoms with Crippen LogP contribution in [0, 0.1) is 6.92 Å². The van der Waals surface area contributed by atoms with Crippen LogP contribution in [-0.2, 0) is 0 Å². The molecule has 2 aromatic carbocycles. The number of hydrogen-bond acceptors (Lipinski definition) is 3. The number of hydrogen-bond donors (Lipinski definition) is 2. The number of rotatable bonds is 3. The van der Waals surface area contributed by atoms with Gasteiger partial charge in [-0.25, -0.2) is 4.68 Å². The summed E-state index contributed by atoms with van der Waals surface area (Å²) in [6, 6.07) is 14.6. The summed E-state index contributed by atoms with van der Waals surface area (Å²) in [5.41, 5.74) is 2.60. The SMILES string of the molecule is Cc1ccc(NC(=O)c2cnn(-c3ccccc3)c2)c(O)c1. The molecule has 0 aliphatic heterocycles. The highest BCUT2D eigenvalue weighted by molar-refractivity contribution is 6.04. The van der Waals surface area contributed by atoms with Gasteiger partial charge in [-0.05, 0) is 36.8 Å². The number of carbonyl (C=O) groups excluding carboxylic acids is 1. The van der Waals surface area contributed by atoms with Gasteiger partial charge in [-0.2, -0.15) is 5.10 Å². The fourth-order valence-electron chi connectivity index (χ4n) is 2.10. The molecule has 1 amide bonds. The standard InChI is InChI=1S/C17H15N3O2/c1-12-7-8-15(16(21)9-12)19-17(22)13-10-18-20(11-13)14-5-3-2-4-6-14/h2-11,21H,1H3,(H,19,22). The van der Waals surface area contributed by atoms with Gasteiger partial charge in [-0.1, -0.05) is 24.3 Å². The highest BCUT2D eigenvalue weighted by Crippen LogP contribution is 2.24. The van der Waals surface area contributed by atoms with Crippen LogP contribution in [-0.4, -0.2) is 20.8 Å². The number of phenols is 1. The fraction of sp³-hybridized carbons (Fsp3) is 0.0588. The largest absolute Gasteiger partial charge is 0.506 e. The van der Waals surface area contributed by atoms with Crippen molar-refractivity contribution in [3.8, 4) is 11.4 Å². The first-order chi connectivity index (χ1) is 10.6. The zero-order valence-electron chi connectivity index (χ0n) is 12.0. The zero-order valence-corrected chi connectivity index (χ0v) is 12.0. The molecular formula is C17H15N3O2. The van der Waals surface area contributed by atoms with Gasteiger partial charge in [-0.3, -0.25) is 4.79 Å². The van der Waals surface area contributed by atoms with Crippen molar-refractivity contribution in [2.45, 2.75) is 6.92 Å². The predicted octanol–water partition coefficient (Wildman–Crippen LogP) is 3.14. The Balaban J connectivity index is 1.80. The number of nitrogens with zero attached hydrogens (tertiary/aromatic N) is 2. The second kappa shape index (κ2) is 5.73.